The highest BCUT2D eigenvalue weighted by Gasteiger charge is 2.15. The number of nitrogens with one attached hydrogen (secondary N) is 1. The van der Waals surface area contributed by atoms with E-state index in [9.17, 15) is 9.59 Å². The fourth-order valence-corrected chi connectivity index (χ4v) is 2.65. The Labute approximate surface area is 156 Å². The smallest absolute Gasteiger partial charge is 0.276 e. The zero-order valence-corrected chi connectivity index (χ0v) is 15.2. The molecule has 3 aromatic rings. The first-order valence-electron chi connectivity index (χ1n) is 8.15. The summed E-state index contributed by atoms with van der Waals surface area (Å²) in [5.41, 5.74) is 2.90. The Morgan fingerprint density at radius 1 is 1.08 bits per heavy atom. The highest BCUT2D eigenvalue weighted by Crippen LogP contribution is 2.13. The van der Waals surface area contributed by atoms with Crippen LogP contribution in [-0.2, 0) is 6.54 Å². The predicted molar refractivity (Wildman–Crippen MR) is 102 cm³/mol. The molecule has 2 aromatic carbocycles. The van der Waals surface area contributed by atoms with Crippen LogP contribution in [0.2, 0.25) is 5.02 Å². The van der Waals surface area contributed by atoms with Crippen molar-refractivity contribution in [2.24, 2.45) is 0 Å². The Morgan fingerprint density at radius 3 is 2.38 bits per heavy atom. The zero-order chi connectivity index (χ0) is 18.7. The molecule has 26 heavy (non-hydrogen) atoms. The Morgan fingerprint density at radius 2 is 1.73 bits per heavy atom. The van der Waals surface area contributed by atoms with Crippen molar-refractivity contribution in [3.63, 3.8) is 0 Å². The molecule has 3 rings (SSSR count). The third-order valence-corrected chi connectivity index (χ3v) is 4.22. The number of nitrogens with zero attached hydrogens (tertiary/aromatic N) is 2. The molecule has 5 nitrogen and oxygen atoms in total. The third kappa shape index (κ3) is 4.00. The molecule has 1 aromatic heterocycles. The summed E-state index contributed by atoms with van der Waals surface area (Å²) >= 11 is 5.91. The van der Waals surface area contributed by atoms with E-state index in [1.807, 2.05) is 31.2 Å². The predicted octanol–water partition coefficient (Wildman–Crippen LogP) is 3.43. The van der Waals surface area contributed by atoms with Gasteiger partial charge in [0.25, 0.3) is 5.91 Å². The second kappa shape index (κ2) is 7.54. The minimum atomic E-state index is -0.502. The molecule has 0 spiro atoms. The average Bonchev–Trinajstić information content (AvgIpc) is 2.62. The molecule has 0 unspecified atom stereocenters. The van der Waals surface area contributed by atoms with Crippen LogP contribution in [-0.4, -0.2) is 15.7 Å². The van der Waals surface area contributed by atoms with E-state index in [0.29, 0.717) is 17.3 Å². The highest BCUT2D eigenvalue weighted by atomic mass is 35.5. The van der Waals surface area contributed by atoms with Gasteiger partial charge in [-0.25, -0.2) is 4.68 Å². The Bertz CT molecular complexity index is 993. The van der Waals surface area contributed by atoms with Gasteiger partial charge in [0.15, 0.2) is 5.69 Å². The van der Waals surface area contributed by atoms with Gasteiger partial charge in [0.05, 0.1) is 5.69 Å². The number of benzene rings is 2. The molecule has 0 atom stereocenters. The first-order chi connectivity index (χ1) is 12.4. The van der Waals surface area contributed by atoms with Crippen LogP contribution in [0.1, 0.15) is 27.3 Å². The molecule has 1 N–H and O–H groups in total. The summed E-state index contributed by atoms with van der Waals surface area (Å²) in [5, 5.41) is 7.59. The third-order valence-electron chi connectivity index (χ3n) is 3.97. The van der Waals surface area contributed by atoms with Crippen LogP contribution >= 0.6 is 11.6 Å². The van der Waals surface area contributed by atoms with E-state index in [-0.39, 0.29) is 5.69 Å². The van der Waals surface area contributed by atoms with E-state index in [1.54, 1.807) is 35.9 Å². The van der Waals surface area contributed by atoms with Gasteiger partial charge in [-0.2, -0.15) is 5.10 Å². The lowest BCUT2D eigenvalue weighted by atomic mass is 10.1. The molecule has 0 aliphatic heterocycles. The summed E-state index contributed by atoms with van der Waals surface area (Å²) in [5.74, 6) is -0.502. The second-order valence-electron chi connectivity index (χ2n) is 6.06. The SMILES string of the molecule is Cc1ccc(CNC(=O)c2nn(-c3ccc(Cl)cc3)c(C)cc2=O)cc1. The van der Waals surface area contributed by atoms with Crippen LogP contribution < -0.4 is 10.7 Å². The Kier molecular flexibility index (Phi) is 5.19. The zero-order valence-electron chi connectivity index (χ0n) is 14.5. The monoisotopic (exact) mass is 367 g/mol. The van der Waals surface area contributed by atoms with Crippen molar-refractivity contribution < 1.29 is 4.79 Å². The van der Waals surface area contributed by atoms with E-state index >= 15 is 0 Å². The second-order valence-corrected chi connectivity index (χ2v) is 6.49. The molecule has 0 saturated heterocycles. The standard InChI is InChI=1S/C20H18ClN3O2/c1-13-3-5-15(6-4-13)12-22-20(26)19-18(25)11-14(2)24(23-19)17-9-7-16(21)8-10-17/h3-11H,12H2,1-2H3,(H,22,26). The maximum atomic E-state index is 12.4. The van der Waals surface area contributed by atoms with Gasteiger partial charge < -0.3 is 5.32 Å². The van der Waals surface area contributed by atoms with Crippen molar-refractivity contribution in [3.05, 3.63) is 92.4 Å². The number of amides is 1. The van der Waals surface area contributed by atoms with Crippen molar-refractivity contribution in [1.82, 2.24) is 15.1 Å². The first-order valence-corrected chi connectivity index (χ1v) is 8.52. The molecular weight excluding hydrogens is 350 g/mol. The van der Waals surface area contributed by atoms with E-state index in [0.717, 1.165) is 16.8 Å². The highest BCUT2D eigenvalue weighted by molar-refractivity contribution is 6.30. The van der Waals surface area contributed by atoms with Gasteiger partial charge >= 0.3 is 0 Å². The summed E-state index contributed by atoms with van der Waals surface area (Å²) in [4.78, 5) is 24.7. The fourth-order valence-electron chi connectivity index (χ4n) is 2.52. The number of carbonyl (C=O) groups is 1. The normalized spacial score (nSPS) is 10.6. The van der Waals surface area contributed by atoms with E-state index < -0.39 is 11.3 Å². The quantitative estimate of drug-likeness (QED) is 0.768. The van der Waals surface area contributed by atoms with Crippen molar-refractivity contribution in [2.45, 2.75) is 20.4 Å². The van der Waals surface area contributed by atoms with Gasteiger partial charge in [-0.05, 0) is 43.7 Å². The molecular formula is C20H18ClN3O2. The van der Waals surface area contributed by atoms with Gasteiger partial charge in [-0.1, -0.05) is 41.4 Å². The molecule has 6 heteroatoms. The van der Waals surface area contributed by atoms with Gasteiger partial charge in [0.1, 0.15) is 0 Å². The Hall–Kier alpha value is -2.92. The van der Waals surface area contributed by atoms with E-state index in [4.69, 9.17) is 11.6 Å². The Balaban J connectivity index is 1.85. The first kappa shape index (κ1) is 17.9. The van der Waals surface area contributed by atoms with Crippen LogP contribution in [0.15, 0.2) is 59.4 Å². The number of hydrogen-bond acceptors (Lipinski definition) is 3. The van der Waals surface area contributed by atoms with E-state index in [2.05, 4.69) is 10.4 Å². The van der Waals surface area contributed by atoms with Crippen molar-refractivity contribution >= 4 is 17.5 Å². The number of aryl methyl sites for hydroxylation is 2. The summed E-state index contributed by atoms with van der Waals surface area (Å²) in [6, 6.07) is 16.2. The van der Waals surface area contributed by atoms with Gasteiger partial charge in [0.2, 0.25) is 5.43 Å². The molecule has 1 heterocycles. The van der Waals surface area contributed by atoms with Gasteiger partial charge in [0, 0.05) is 23.3 Å². The van der Waals surface area contributed by atoms with E-state index in [1.165, 1.54) is 6.07 Å². The topological polar surface area (TPSA) is 64.0 Å². The van der Waals surface area contributed by atoms with Crippen molar-refractivity contribution in [1.29, 1.82) is 0 Å². The molecule has 0 bridgehead atoms. The summed E-state index contributed by atoms with van der Waals surface area (Å²) < 4.78 is 1.55. The van der Waals surface area contributed by atoms with Crippen LogP contribution in [0.5, 0.6) is 0 Å². The number of halogens is 1. The van der Waals surface area contributed by atoms with Crippen LogP contribution in [0.3, 0.4) is 0 Å². The summed E-state index contributed by atoms with van der Waals surface area (Å²) in [6.07, 6.45) is 0. The number of aromatic nitrogens is 2. The fraction of sp³-hybridized carbons (Fsp3) is 0.150. The molecule has 0 fully saturated rings. The molecule has 0 saturated carbocycles. The van der Waals surface area contributed by atoms with Crippen LogP contribution in [0, 0.1) is 13.8 Å². The maximum Gasteiger partial charge on any atom is 0.276 e. The lowest BCUT2D eigenvalue weighted by Gasteiger charge is -2.11. The van der Waals surface area contributed by atoms with Gasteiger partial charge in [-0.15, -0.1) is 0 Å². The molecule has 0 radical (unpaired) electrons. The summed E-state index contributed by atoms with van der Waals surface area (Å²) in [6.45, 7) is 4.09. The van der Waals surface area contributed by atoms with Crippen LogP contribution in [0.4, 0.5) is 0 Å². The van der Waals surface area contributed by atoms with Crippen LogP contribution in [0.25, 0.3) is 5.69 Å². The number of carbonyl (C=O) groups excluding carboxylic acids is 1. The minimum Gasteiger partial charge on any atom is -0.346 e. The minimum absolute atomic E-state index is 0.141. The van der Waals surface area contributed by atoms with Gasteiger partial charge in [-0.3, -0.25) is 9.59 Å². The number of rotatable bonds is 4. The molecule has 0 aliphatic rings. The average molecular weight is 368 g/mol. The largest absolute Gasteiger partial charge is 0.346 e. The summed E-state index contributed by atoms with van der Waals surface area (Å²) in [7, 11) is 0. The molecule has 0 aliphatic carbocycles. The lowest BCUT2D eigenvalue weighted by molar-refractivity contribution is 0.0943. The molecule has 1 amide bonds. The molecule has 132 valence electrons. The van der Waals surface area contributed by atoms with Crippen molar-refractivity contribution in [2.75, 3.05) is 0 Å². The lowest BCUT2D eigenvalue weighted by Crippen LogP contribution is -2.31. The number of hydrogen-bond donors (Lipinski definition) is 1. The maximum absolute atomic E-state index is 12.4. The van der Waals surface area contributed by atoms with Crippen molar-refractivity contribution in [3.8, 4) is 5.69 Å².